The normalized spacial score (nSPS) is 18.2. The minimum absolute atomic E-state index is 0.0154. The van der Waals surface area contributed by atoms with E-state index in [1.807, 2.05) is 38.1 Å². The highest BCUT2D eigenvalue weighted by atomic mass is 16.7. The van der Waals surface area contributed by atoms with Crippen molar-refractivity contribution in [3.63, 3.8) is 0 Å². The number of benzene rings is 3. The molecule has 0 bridgehead atoms. The van der Waals surface area contributed by atoms with Crippen LogP contribution in [0.15, 0.2) is 72.3 Å². The Kier molecular flexibility index (Phi) is 6.38. The van der Waals surface area contributed by atoms with Gasteiger partial charge >= 0.3 is 0 Å². The molecule has 0 spiro atoms. The summed E-state index contributed by atoms with van der Waals surface area (Å²) >= 11 is 0. The Hall–Kier alpha value is -4.26. The number of ketones is 1. The minimum atomic E-state index is -0.837. The van der Waals surface area contributed by atoms with Gasteiger partial charge in [-0.3, -0.25) is 14.5 Å². The van der Waals surface area contributed by atoms with Crippen LogP contribution in [-0.4, -0.2) is 29.7 Å². The molecule has 0 aromatic heterocycles. The molecule has 2 aliphatic rings. The third-order valence-corrected chi connectivity index (χ3v) is 6.48. The SMILES string of the molecule is CC(C)Oc1cccc(/C(O)=C2\C(=O)C(=O)N(c3ccc4c(c3)OCO4)C2c2ccc(C(C)C)cc2)c1. The van der Waals surface area contributed by atoms with Crippen molar-refractivity contribution in [3.8, 4) is 17.2 Å². The third kappa shape index (κ3) is 4.53. The highest BCUT2D eigenvalue weighted by Gasteiger charge is 2.47. The van der Waals surface area contributed by atoms with E-state index < -0.39 is 17.7 Å². The van der Waals surface area contributed by atoms with Gasteiger partial charge in [0.25, 0.3) is 11.7 Å². The number of ether oxygens (including phenoxy) is 3. The smallest absolute Gasteiger partial charge is 0.300 e. The van der Waals surface area contributed by atoms with Gasteiger partial charge in [-0.05, 0) is 55.2 Å². The van der Waals surface area contributed by atoms with E-state index in [0.29, 0.717) is 40.0 Å². The summed E-state index contributed by atoms with van der Waals surface area (Å²) in [5.74, 6) is 0.191. The van der Waals surface area contributed by atoms with E-state index in [2.05, 4.69) is 13.8 Å². The molecule has 2 aliphatic heterocycles. The number of carbonyl (C=O) groups is 2. The van der Waals surface area contributed by atoms with Gasteiger partial charge < -0.3 is 19.3 Å². The molecule has 190 valence electrons. The number of nitrogens with zero attached hydrogens (tertiary/aromatic N) is 1. The van der Waals surface area contributed by atoms with E-state index in [1.165, 1.54) is 4.90 Å². The van der Waals surface area contributed by atoms with E-state index in [1.54, 1.807) is 42.5 Å². The van der Waals surface area contributed by atoms with Crippen LogP contribution in [0.2, 0.25) is 0 Å². The third-order valence-electron chi connectivity index (χ3n) is 6.48. The van der Waals surface area contributed by atoms with Crippen molar-refractivity contribution >= 4 is 23.1 Å². The van der Waals surface area contributed by atoms with Gasteiger partial charge in [-0.25, -0.2) is 0 Å². The fourth-order valence-electron chi connectivity index (χ4n) is 4.66. The lowest BCUT2D eigenvalue weighted by atomic mass is 9.93. The number of Topliss-reactive ketones (excluding diaryl/α,β-unsaturated/α-hetero) is 1. The van der Waals surface area contributed by atoms with E-state index in [-0.39, 0.29) is 24.2 Å². The maximum absolute atomic E-state index is 13.5. The standard InChI is InChI=1S/C30H29NO6/c1-17(2)19-8-10-20(11-9-19)27-26(28(32)21-6-5-7-23(14-21)37-18(3)4)29(33)30(34)31(27)22-12-13-24-25(15-22)36-16-35-24/h5-15,17-18,27,32H,16H2,1-4H3/b28-26+. The Bertz CT molecular complexity index is 1390. The van der Waals surface area contributed by atoms with E-state index in [0.717, 1.165) is 5.56 Å². The van der Waals surface area contributed by atoms with Crippen LogP contribution in [0.4, 0.5) is 5.69 Å². The largest absolute Gasteiger partial charge is 0.507 e. The first-order valence-corrected chi connectivity index (χ1v) is 12.3. The molecular weight excluding hydrogens is 470 g/mol. The van der Waals surface area contributed by atoms with Gasteiger partial charge in [0.15, 0.2) is 11.5 Å². The van der Waals surface area contributed by atoms with Crippen molar-refractivity contribution in [2.24, 2.45) is 0 Å². The maximum atomic E-state index is 13.5. The van der Waals surface area contributed by atoms with Crippen LogP contribution in [0, 0.1) is 0 Å². The summed E-state index contributed by atoms with van der Waals surface area (Å²) < 4.78 is 16.7. The number of aliphatic hydroxyl groups excluding tert-OH is 1. The van der Waals surface area contributed by atoms with Crippen LogP contribution in [0.5, 0.6) is 17.2 Å². The molecule has 5 rings (SSSR count). The number of anilines is 1. The molecule has 7 heteroatoms. The molecular formula is C30H29NO6. The van der Waals surface area contributed by atoms with Gasteiger partial charge in [0.2, 0.25) is 6.79 Å². The van der Waals surface area contributed by atoms with Crippen LogP contribution in [0.1, 0.15) is 56.3 Å². The van der Waals surface area contributed by atoms with Gasteiger partial charge in [0.05, 0.1) is 17.7 Å². The lowest BCUT2D eigenvalue weighted by Crippen LogP contribution is -2.29. The summed E-state index contributed by atoms with van der Waals surface area (Å²) in [6.45, 7) is 8.10. The predicted molar refractivity (Wildman–Crippen MR) is 140 cm³/mol. The van der Waals surface area contributed by atoms with Crippen molar-refractivity contribution in [1.82, 2.24) is 0 Å². The average molecular weight is 500 g/mol. The van der Waals surface area contributed by atoms with E-state index in [9.17, 15) is 14.7 Å². The van der Waals surface area contributed by atoms with Crippen LogP contribution in [0.3, 0.4) is 0 Å². The topological polar surface area (TPSA) is 85.3 Å². The number of carbonyl (C=O) groups excluding carboxylic acids is 2. The highest BCUT2D eigenvalue weighted by Crippen LogP contribution is 2.45. The van der Waals surface area contributed by atoms with Crippen LogP contribution >= 0.6 is 0 Å². The molecule has 1 atom stereocenters. The van der Waals surface area contributed by atoms with Gasteiger partial charge in [-0.2, -0.15) is 0 Å². The molecule has 0 radical (unpaired) electrons. The molecule has 3 aromatic rings. The minimum Gasteiger partial charge on any atom is -0.507 e. The van der Waals surface area contributed by atoms with Crippen molar-refractivity contribution in [3.05, 3.63) is 89.0 Å². The number of hydrogen-bond donors (Lipinski definition) is 1. The highest BCUT2D eigenvalue weighted by molar-refractivity contribution is 6.51. The zero-order valence-corrected chi connectivity index (χ0v) is 21.2. The Morgan fingerprint density at radius 3 is 2.38 bits per heavy atom. The summed E-state index contributed by atoms with van der Waals surface area (Å²) in [6.07, 6.45) is -0.0616. The number of fused-ring (bicyclic) bond motifs is 1. The van der Waals surface area contributed by atoms with Gasteiger partial charge in [0.1, 0.15) is 11.5 Å². The van der Waals surface area contributed by atoms with Gasteiger partial charge in [0, 0.05) is 17.3 Å². The van der Waals surface area contributed by atoms with Crippen LogP contribution in [0.25, 0.3) is 5.76 Å². The molecule has 3 aromatic carbocycles. The van der Waals surface area contributed by atoms with Crippen molar-refractivity contribution in [2.45, 2.75) is 45.8 Å². The fraction of sp³-hybridized carbons (Fsp3) is 0.267. The summed E-state index contributed by atoms with van der Waals surface area (Å²) in [6, 6.07) is 18.9. The molecule has 1 saturated heterocycles. The van der Waals surface area contributed by atoms with Crippen LogP contribution in [-0.2, 0) is 9.59 Å². The number of amides is 1. The van der Waals surface area contributed by atoms with Crippen molar-refractivity contribution in [1.29, 1.82) is 0 Å². The first-order valence-electron chi connectivity index (χ1n) is 12.3. The lowest BCUT2D eigenvalue weighted by molar-refractivity contribution is -0.132. The second kappa shape index (κ2) is 9.65. The Morgan fingerprint density at radius 2 is 1.68 bits per heavy atom. The Balaban J connectivity index is 1.66. The second-order valence-electron chi connectivity index (χ2n) is 9.72. The first kappa shape index (κ1) is 24.4. The molecule has 0 aliphatic carbocycles. The molecule has 2 heterocycles. The molecule has 1 amide bonds. The number of hydrogen-bond acceptors (Lipinski definition) is 6. The van der Waals surface area contributed by atoms with Crippen molar-refractivity contribution in [2.75, 3.05) is 11.7 Å². The lowest BCUT2D eigenvalue weighted by Gasteiger charge is -2.26. The second-order valence-corrected chi connectivity index (χ2v) is 9.72. The molecule has 0 saturated carbocycles. The summed E-state index contributed by atoms with van der Waals surface area (Å²) in [4.78, 5) is 28.3. The Morgan fingerprint density at radius 1 is 0.946 bits per heavy atom. The Labute approximate surface area is 215 Å². The monoisotopic (exact) mass is 499 g/mol. The number of aliphatic hydroxyl groups is 1. The molecule has 7 nitrogen and oxygen atoms in total. The van der Waals surface area contributed by atoms with Gasteiger partial charge in [-0.15, -0.1) is 0 Å². The summed E-state index contributed by atoms with van der Waals surface area (Å²) in [5.41, 5.74) is 2.72. The molecule has 1 unspecified atom stereocenters. The zero-order chi connectivity index (χ0) is 26.3. The first-order chi connectivity index (χ1) is 17.7. The molecule has 37 heavy (non-hydrogen) atoms. The fourth-order valence-corrected chi connectivity index (χ4v) is 4.66. The summed E-state index contributed by atoms with van der Waals surface area (Å²) in [7, 11) is 0. The quantitative estimate of drug-likeness (QED) is 0.256. The predicted octanol–water partition coefficient (Wildman–Crippen LogP) is 5.95. The summed E-state index contributed by atoms with van der Waals surface area (Å²) in [5, 5.41) is 11.4. The van der Waals surface area contributed by atoms with E-state index in [4.69, 9.17) is 14.2 Å². The van der Waals surface area contributed by atoms with Crippen molar-refractivity contribution < 1.29 is 28.9 Å². The molecule has 1 N–H and O–H groups in total. The van der Waals surface area contributed by atoms with Gasteiger partial charge in [-0.1, -0.05) is 50.2 Å². The molecule has 1 fully saturated rings. The average Bonchev–Trinajstić information content (AvgIpc) is 3.45. The number of rotatable bonds is 6. The van der Waals surface area contributed by atoms with Crippen LogP contribution < -0.4 is 19.1 Å². The zero-order valence-electron chi connectivity index (χ0n) is 21.2. The maximum Gasteiger partial charge on any atom is 0.300 e. The van der Waals surface area contributed by atoms with E-state index >= 15 is 0 Å².